The summed E-state index contributed by atoms with van der Waals surface area (Å²) in [5.74, 6) is -0.547. The minimum Gasteiger partial charge on any atom is -0.489 e. The molecule has 0 saturated heterocycles. The van der Waals surface area contributed by atoms with Crippen LogP contribution in [-0.2, 0) is 11.4 Å². The highest BCUT2D eigenvalue weighted by Crippen LogP contribution is 2.29. The van der Waals surface area contributed by atoms with Gasteiger partial charge in [0, 0.05) is 21.8 Å². The fraction of sp³-hybridized carbons (Fsp3) is 0.229. The van der Waals surface area contributed by atoms with Crippen molar-refractivity contribution in [3.63, 3.8) is 0 Å². The van der Waals surface area contributed by atoms with Gasteiger partial charge < -0.3 is 9.84 Å². The van der Waals surface area contributed by atoms with E-state index < -0.39 is 5.97 Å². The van der Waals surface area contributed by atoms with E-state index in [1.54, 1.807) is 36.0 Å². The molecule has 1 fully saturated rings. The number of hydrogen-bond donors (Lipinski definition) is 1. The van der Waals surface area contributed by atoms with Crippen molar-refractivity contribution in [2.45, 2.75) is 54.9 Å². The van der Waals surface area contributed by atoms with Crippen molar-refractivity contribution >= 4 is 29.3 Å². The van der Waals surface area contributed by atoms with Gasteiger partial charge in [-0.3, -0.25) is 9.59 Å². The summed E-state index contributed by atoms with van der Waals surface area (Å²) in [4.78, 5) is 37.6. The molecule has 1 N–H and O–H groups in total. The predicted molar refractivity (Wildman–Crippen MR) is 162 cm³/mol. The van der Waals surface area contributed by atoms with Crippen LogP contribution >= 0.6 is 11.8 Å². The molecule has 0 aromatic heterocycles. The highest BCUT2D eigenvalue weighted by Gasteiger charge is 2.22. The molecule has 41 heavy (non-hydrogen) atoms. The number of hydrogen-bond acceptors (Lipinski definition) is 5. The highest BCUT2D eigenvalue weighted by molar-refractivity contribution is 7.99. The van der Waals surface area contributed by atoms with E-state index in [4.69, 9.17) is 9.84 Å². The van der Waals surface area contributed by atoms with Crippen LogP contribution in [0.3, 0.4) is 0 Å². The van der Waals surface area contributed by atoms with E-state index in [9.17, 15) is 14.4 Å². The molecule has 0 aliphatic heterocycles. The van der Waals surface area contributed by atoms with Gasteiger partial charge in [0.25, 0.3) is 0 Å². The second-order valence-corrected chi connectivity index (χ2v) is 11.2. The Bertz CT molecular complexity index is 1410. The Labute approximate surface area is 245 Å². The standard InChI is InChI=1S/C21H22O2S.C14H12O3/c22-20(15-16-7-3-1-4-8-16)21(23)17-11-13-19(14-12-17)24-18-9-5-2-6-10-18;15-14(16)12-7-4-8-13(9-12)17-10-11-5-2-1-3-6-11/h2,5-6,9-14,16H,1,3-4,7-8,15H2;1-9H,10H2,(H,15,16). The van der Waals surface area contributed by atoms with E-state index in [1.165, 1.54) is 31.4 Å². The van der Waals surface area contributed by atoms with Crippen LogP contribution < -0.4 is 4.74 Å². The number of carboxylic acid groups (broad SMARTS) is 1. The van der Waals surface area contributed by atoms with Crippen molar-refractivity contribution in [1.82, 2.24) is 0 Å². The minimum absolute atomic E-state index is 0.231. The molecule has 0 unspecified atom stereocenters. The molecule has 4 aromatic rings. The quantitative estimate of drug-likeness (QED) is 0.153. The van der Waals surface area contributed by atoms with Crippen LogP contribution in [0.2, 0.25) is 0 Å². The molecule has 1 aliphatic carbocycles. The Morgan fingerprint density at radius 1 is 0.707 bits per heavy atom. The monoisotopic (exact) mass is 566 g/mol. The van der Waals surface area contributed by atoms with Crippen LogP contribution in [0.1, 0.15) is 64.8 Å². The SMILES string of the molecule is O=C(CC1CCCCC1)C(=O)c1ccc(Sc2ccccc2)cc1.O=C(O)c1cccc(OCc2ccccc2)c1. The third-order valence-corrected chi connectivity index (χ3v) is 7.89. The molecule has 1 saturated carbocycles. The minimum atomic E-state index is -0.949. The van der Waals surface area contributed by atoms with Crippen molar-refractivity contribution in [1.29, 1.82) is 0 Å². The molecule has 5 nitrogen and oxygen atoms in total. The van der Waals surface area contributed by atoms with Crippen LogP contribution in [0.15, 0.2) is 119 Å². The summed E-state index contributed by atoms with van der Waals surface area (Å²) in [6, 6.07) is 33.7. The zero-order valence-corrected chi connectivity index (χ0v) is 23.7. The number of benzene rings is 4. The van der Waals surface area contributed by atoms with Crippen LogP contribution in [0.25, 0.3) is 0 Å². The largest absolute Gasteiger partial charge is 0.489 e. The van der Waals surface area contributed by atoms with Crippen molar-refractivity contribution in [2.75, 3.05) is 0 Å². The van der Waals surface area contributed by atoms with E-state index in [1.807, 2.05) is 60.7 Å². The average molecular weight is 567 g/mol. The maximum absolute atomic E-state index is 12.3. The summed E-state index contributed by atoms with van der Waals surface area (Å²) in [6.45, 7) is 0.434. The van der Waals surface area contributed by atoms with Crippen LogP contribution in [0.5, 0.6) is 5.75 Å². The molecule has 5 rings (SSSR count). The molecule has 0 amide bonds. The zero-order chi connectivity index (χ0) is 28.9. The van der Waals surface area contributed by atoms with E-state index in [2.05, 4.69) is 12.1 Å². The fourth-order valence-corrected chi connectivity index (χ4v) is 5.50. The molecule has 0 bridgehead atoms. The molecular weight excluding hydrogens is 532 g/mol. The maximum Gasteiger partial charge on any atom is 0.335 e. The van der Waals surface area contributed by atoms with Crippen LogP contribution in [0, 0.1) is 5.92 Å². The lowest BCUT2D eigenvalue weighted by molar-refractivity contribution is -0.116. The molecule has 1 aliphatic rings. The van der Waals surface area contributed by atoms with Gasteiger partial charge in [0.2, 0.25) is 11.6 Å². The van der Waals surface area contributed by atoms with Gasteiger partial charge in [-0.05, 0) is 66.1 Å². The Balaban J connectivity index is 0.000000201. The number of carbonyl (C=O) groups is 3. The van der Waals surface area contributed by atoms with Crippen molar-refractivity contribution in [3.05, 3.63) is 126 Å². The average Bonchev–Trinajstić information content (AvgIpc) is 3.02. The summed E-state index contributed by atoms with van der Waals surface area (Å²) in [7, 11) is 0. The van der Waals surface area contributed by atoms with Gasteiger partial charge in [0.1, 0.15) is 12.4 Å². The molecule has 0 radical (unpaired) electrons. The summed E-state index contributed by atoms with van der Waals surface area (Å²) < 4.78 is 5.52. The second-order valence-electron chi connectivity index (χ2n) is 10.0. The Kier molecular flexibility index (Phi) is 11.3. The van der Waals surface area contributed by atoms with Gasteiger partial charge in [0.05, 0.1) is 5.56 Å². The topological polar surface area (TPSA) is 80.7 Å². The lowest BCUT2D eigenvalue weighted by Gasteiger charge is -2.20. The van der Waals surface area contributed by atoms with Crippen molar-refractivity contribution in [3.8, 4) is 5.75 Å². The predicted octanol–water partition coefficient (Wildman–Crippen LogP) is 8.52. The molecule has 0 heterocycles. The third-order valence-electron chi connectivity index (χ3n) is 6.88. The molecule has 210 valence electrons. The fourth-order valence-electron chi connectivity index (χ4n) is 4.67. The number of carbonyl (C=O) groups excluding carboxylic acids is 2. The number of Topliss-reactive ketones (excluding diaryl/α,β-unsaturated/α-hetero) is 2. The second kappa shape index (κ2) is 15.6. The normalized spacial score (nSPS) is 13.0. The first-order valence-electron chi connectivity index (χ1n) is 13.9. The molecule has 0 atom stereocenters. The number of carboxylic acids is 1. The van der Waals surface area contributed by atoms with Gasteiger partial charge in [-0.2, -0.15) is 0 Å². The Hall–Kier alpha value is -4.16. The Morgan fingerprint density at radius 2 is 1.34 bits per heavy atom. The first-order valence-corrected chi connectivity index (χ1v) is 14.7. The third kappa shape index (κ3) is 9.76. The number of ketones is 2. The smallest absolute Gasteiger partial charge is 0.335 e. The van der Waals surface area contributed by atoms with E-state index in [0.717, 1.165) is 28.2 Å². The van der Waals surface area contributed by atoms with Crippen LogP contribution in [0.4, 0.5) is 0 Å². The lowest BCUT2D eigenvalue weighted by Crippen LogP contribution is -2.19. The summed E-state index contributed by atoms with van der Waals surface area (Å²) >= 11 is 1.65. The molecule has 0 spiro atoms. The highest BCUT2D eigenvalue weighted by atomic mass is 32.2. The number of rotatable bonds is 10. The first kappa shape index (κ1) is 29.8. The number of aromatic carboxylic acids is 1. The van der Waals surface area contributed by atoms with Crippen molar-refractivity contribution < 1.29 is 24.2 Å². The van der Waals surface area contributed by atoms with Gasteiger partial charge >= 0.3 is 5.97 Å². The van der Waals surface area contributed by atoms with Crippen LogP contribution in [-0.4, -0.2) is 22.6 Å². The van der Waals surface area contributed by atoms with Gasteiger partial charge in [0.15, 0.2) is 0 Å². The first-order chi connectivity index (χ1) is 20.0. The van der Waals surface area contributed by atoms with E-state index in [0.29, 0.717) is 30.3 Å². The van der Waals surface area contributed by atoms with E-state index in [-0.39, 0.29) is 17.1 Å². The zero-order valence-electron chi connectivity index (χ0n) is 22.9. The maximum atomic E-state index is 12.3. The summed E-state index contributed by atoms with van der Waals surface area (Å²) in [5.41, 5.74) is 1.79. The van der Waals surface area contributed by atoms with Crippen molar-refractivity contribution in [2.24, 2.45) is 5.92 Å². The van der Waals surface area contributed by atoms with Gasteiger partial charge in [-0.15, -0.1) is 0 Å². The van der Waals surface area contributed by atoms with E-state index >= 15 is 0 Å². The van der Waals surface area contributed by atoms with Gasteiger partial charge in [-0.25, -0.2) is 4.79 Å². The van der Waals surface area contributed by atoms with Gasteiger partial charge in [-0.1, -0.05) is 98.5 Å². The lowest BCUT2D eigenvalue weighted by atomic mass is 9.85. The molecule has 4 aromatic carbocycles. The molecular formula is C35H34O5S. The summed E-state index contributed by atoms with van der Waals surface area (Å²) in [6.07, 6.45) is 6.24. The molecule has 6 heteroatoms. The number of ether oxygens (including phenoxy) is 1. The summed E-state index contributed by atoms with van der Waals surface area (Å²) in [5, 5.41) is 8.84. The Morgan fingerprint density at radius 3 is 2.00 bits per heavy atom.